The van der Waals surface area contributed by atoms with Crippen LogP contribution >= 0.6 is 11.6 Å². The Hall–Kier alpha value is -2.87. The fraction of sp³-hybridized carbons (Fsp3) is 0.435. The van der Waals surface area contributed by atoms with Gasteiger partial charge >= 0.3 is 0 Å². The molecule has 1 aromatic heterocycles. The highest BCUT2D eigenvalue weighted by Crippen LogP contribution is 2.33. The maximum absolute atomic E-state index is 14.1. The Balaban J connectivity index is 1.51. The van der Waals surface area contributed by atoms with E-state index in [0.717, 1.165) is 25.7 Å². The van der Waals surface area contributed by atoms with E-state index >= 15 is 0 Å². The largest absolute Gasteiger partial charge is 0.455 e. The summed E-state index contributed by atoms with van der Waals surface area (Å²) in [5, 5.41) is 7.14. The summed E-state index contributed by atoms with van der Waals surface area (Å²) in [6.07, 6.45) is 9.13. The molecule has 4 rings (SSSR count). The molecular formula is C23H26ClFN4O3. The van der Waals surface area contributed by atoms with Crippen LogP contribution in [0.25, 0.3) is 0 Å². The van der Waals surface area contributed by atoms with E-state index in [4.69, 9.17) is 16.3 Å². The van der Waals surface area contributed by atoms with E-state index in [1.165, 1.54) is 35.6 Å². The molecule has 2 aromatic rings. The minimum atomic E-state index is -0.680. The lowest BCUT2D eigenvalue weighted by atomic mass is 9.84. The number of benzene rings is 1. The number of aryl methyl sites for hydroxylation is 1. The van der Waals surface area contributed by atoms with Crippen molar-refractivity contribution in [3.8, 4) is 5.75 Å². The first kappa shape index (κ1) is 22.3. The highest BCUT2D eigenvalue weighted by Gasteiger charge is 2.36. The van der Waals surface area contributed by atoms with E-state index < -0.39 is 11.9 Å². The van der Waals surface area contributed by atoms with Crippen LogP contribution < -0.4 is 10.1 Å². The highest BCUT2D eigenvalue weighted by molar-refractivity contribution is 6.32. The van der Waals surface area contributed by atoms with Crippen LogP contribution in [0.15, 0.2) is 42.3 Å². The van der Waals surface area contributed by atoms with E-state index in [2.05, 4.69) is 10.4 Å². The summed E-state index contributed by atoms with van der Waals surface area (Å²) in [6, 6.07) is 5.26. The van der Waals surface area contributed by atoms with Crippen LogP contribution in [0.1, 0.15) is 38.5 Å². The number of nitrogens with zero attached hydrogens (tertiary/aromatic N) is 3. The van der Waals surface area contributed by atoms with E-state index in [1.54, 1.807) is 24.0 Å². The average Bonchev–Trinajstić information content (AvgIpc) is 3.34. The molecule has 1 fully saturated rings. The second-order valence-electron chi connectivity index (χ2n) is 8.35. The molecule has 1 atom stereocenters. The molecular weight excluding hydrogens is 435 g/mol. The van der Waals surface area contributed by atoms with Crippen molar-refractivity contribution in [1.82, 2.24) is 14.7 Å². The molecule has 1 unspecified atom stereocenters. The average molecular weight is 461 g/mol. The van der Waals surface area contributed by atoms with Crippen LogP contribution in [0.4, 0.5) is 10.2 Å². The highest BCUT2D eigenvalue weighted by atomic mass is 35.5. The minimum Gasteiger partial charge on any atom is -0.455 e. The summed E-state index contributed by atoms with van der Waals surface area (Å²) >= 11 is 6.05. The van der Waals surface area contributed by atoms with Gasteiger partial charge in [0, 0.05) is 25.4 Å². The van der Waals surface area contributed by atoms with Gasteiger partial charge in [0.15, 0.2) is 17.4 Å². The normalized spacial score (nSPS) is 17.9. The number of carbonyl (C=O) groups is 2. The zero-order valence-corrected chi connectivity index (χ0v) is 18.6. The third kappa shape index (κ3) is 5.12. The van der Waals surface area contributed by atoms with Crippen LogP contribution in [0.3, 0.4) is 0 Å². The molecule has 170 valence electrons. The van der Waals surface area contributed by atoms with Crippen molar-refractivity contribution >= 4 is 29.2 Å². The van der Waals surface area contributed by atoms with Crippen LogP contribution in [0, 0.1) is 11.7 Å². The number of rotatable bonds is 7. The fourth-order valence-corrected chi connectivity index (χ4v) is 4.56. The predicted molar refractivity (Wildman–Crippen MR) is 119 cm³/mol. The van der Waals surface area contributed by atoms with Crippen molar-refractivity contribution in [2.24, 2.45) is 13.0 Å². The van der Waals surface area contributed by atoms with Crippen molar-refractivity contribution in [1.29, 1.82) is 0 Å². The molecule has 0 spiro atoms. The van der Waals surface area contributed by atoms with Gasteiger partial charge in [-0.25, -0.2) is 4.39 Å². The fourth-order valence-electron chi connectivity index (χ4n) is 4.35. The number of carbonyl (C=O) groups excluding carboxylic acids is 2. The molecule has 1 saturated carbocycles. The van der Waals surface area contributed by atoms with Crippen molar-refractivity contribution in [3.63, 3.8) is 0 Å². The Morgan fingerprint density at radius 3 is 2.78 bits per heavy atom. The van der Waals surface area contributed by atoms with E-state index in [9.17, 15) is 14.0 Å². The quantitative estimate of drug-likeness (QED) is 0.668. The molecule has 0 saturated heterocycles. The third-order valence-corrected chi connectivity index (χ3v) is 6.27. The number of ether oxygens (including phenoxy) is 1. The van der Waals surface area contributed by atoms with Crippen LogP contribution in [0.5, 0.6) is 5.75 Å². The molecule has 1 aliphatic carbocycles. The number of para-hydroxylation sites is 1. The Morgan fingerprint density at radius 2 is 2.09 bits per heavy atom. The maximum atomic E-state index is 14.1. The summed E-state index contributed by atoms with van der Waals surface area (Å²) in [5.41, 5.74) is 0. The van der Waals surface area contributed by atoms with Gasteiger partial charge in [-0.3, -0.25) is 14.3 Å². The van der Waals surface area contributed by atoms with Gasteiger partial charge in [0.25, 0.3) is 5.91 Å². The zero-order chi connectivity index (χ0) is 22.7. The predicted octanol–water partition coefficient (Wildman–Crippen LogP) is 4.30. The minimum absolute atomic E-state index is 0.0660. The lowest BCUT2D eigenvalue weighted by Crippen LogP contribution is -2.46. The molecule has 2 amide bonds. The Bertz CT molecular complexity index is 1010. The molecule has 2 aliphatic rings. The van der Waals surface area contributed by atoms with Gasteiger partial charge in [-0.2, -0.15) is 5.10 Å². The Kier molecular flexibility index (Phi) is 6.79. The van der Waals surface area contributed by atoms with Gasteiger partial charge in [-0.1, -0.05) is 49.8 Å². The monoisotopic (exact) mass is 460 g/mol. The van der Waals surface area contributed by atoms with Crippen molar-refractivity contribution in [2.75, 3.05) is 11.9 Å². The topological polar surface area (TPSA) is 76.5 Å². The molecule has 9 heteroatoms. The second-order valence-corrected chi connectivity index (χ2v) is 8.76. The van der Waals surface area contributed by atoms with E-state index in [-0.39, 0.29) is 34.9 Å². The smallest absolute Gasteiger partial charge is 0.251 e. The van der Waals surface area contributed by atoms with Crippen molar-refractivity contribution < 1.29 is 18.7 Å². The summed E-state index contributed by atoms with van der Waals surface area (Å²) in [7, 11) is 1.76. The van der Waals surface area contributed by atoms with Gasteiger partial charge < -0.3 is 15.0 Å². The first-order valence-electron chi connectivity index (χ1n) is 10.8. The zero-order valence-electron chi connectivity index (χ0n) is 17.9. The lowest BCUT2D eigenvalue weighted by molar-refractivity contribution is -0.134. The second kappa shape index (κ2) is 9.73. The number of nitrogens with one attached hydrogen (secondary N) is 1. The number of aromatic nitrogens is 2. The number of halogens is 2. The van der Waals surface area contributed by atoms with Crippen molar-refractivity contribution in [3.05, 3.63) is 53.1 Å². The van der Waals surface area contributed by atoms with Gasteiger partial charge in [-0.05, 0) is 24.5 Å². The number of hydrogen-bond acceptors (Lipinski definition) is 4. The van der Waals surface area contributed by atoms with E-state index in [0.29, 0.717) is 18.2 Å². The van der Waals surface area contributed by atoms with Gasteiger partial charge in [0.2, 0.25) is 5.91 Å². The first-order valence-corrected chi connectivity index (χ1v) is 11.2. The van der Waals surface area contributed by atoms with E-state index in [1.807, 2.05) is 0 Å². The van der Waals surface area contributed by atoms with Crippen molar-refractivity contribution in [2.45, 2.75) is 44.6 Å². The molecule has 32 heavy (non-hydrogen) atoms. The summed E-state index contributed by atoms with van der Waals surface area (Å²) in [4.78, 5) is 27.5. The molecule has 7 nitrogen and oxygen atoms in total. The molecule has 1 N–H and O–H groups in total. The van der Waals surface area contributed by atoms with Gasteiger partial charge in [0.1, 0.15) is 11.8 Å². The summed E-state index contributed by atoms with van der Waals surface area (Å²) in [6.45, 7) is 0.0660. The molecule has 1 aromatic carbocycles. The standard InChI is InChI=1S/C23H26ClFN4O3/c1-28-11-10-20(27-28)26-23(31)19(12-15-6-3-2-4-7-15)29-14-16(13-21(29)30)32-22-17(24)8-5-9-18(22)25/h5,8-11,13,15,19H,2-4,6-7,12,14H2,1H3,(H,26,27,31). The summed E-state index contributed by atoms with van der Waals surface area (Å²) in [5.74, 6) is -0.331. The number of anilines is 1. The Morgan fingerprint density at radius 1 is 1.31 bits per heavy atom. The van der Waals surface area contributed by atoms with Crippen LogP contribution in [-0.4, -0.2) is 39.1 Å². The number of amides is 2. The van der Waals surface area contributed by atoms with Crippen LogP contribution in [0.2, 0.25) is 5.02 Å². The van der Waals surface area contributed by atoms with Gasteiger partial charge in [0.05, 0.1) is 11.6 Å². The first-order chi connectivity index (χ1) is 15.4. The van der Waals surface area contributed by atoms with Crippen LogP contribution in [-0.2, 0) is 16.6 Å². The Labute approximate surface area is 191 Å². The molecule has 1 aliphatic heterocycles. The third-order valence-electron chi connectivity index (χ3n) is 5.97. The summed E-state index contributed by atoms with van der Waals surface area (Å²) < 4.78 is 21.3. The molecule has 2 heterocycles. The van der Waals surface area contributed by atoms with Gasteiger partial charge in [-0.15, -0.1) is 0 Å². The maximum Gasteiger partial charge on any atom is 0.251 e. The molecule has 0 bridgehead atoms. The molecule has 0 radical (unpaired) electrons. The lowest BCUT2D eigenvalue weighted by Gasteiger charge is -2.31. The SMILES string of the molecule is Cn1ccc(NC(=O)C(CC2CCCCC2)N2CC(Oc3c(F)cccc3Cl)=CC2=O)n1. The number of hydrogen-bond donors (Lipinski definition) is 1.